The summed E-state index contributed by atoms with van der Waals surface area (Å²) in [6, 6.07) is 14.9. The molecule has 3 rings (SSSR count). The number of rotatable bonds is 5. The Bertz CT molecular complexity index is 695. The molecule has 1 aliphatic rings. The highest BCUT2D eigenvalue weighted by molar-refractivity contribution is 7.90. The molecule has 0 amide bonds. The third-order valence-corrected chi connectivity index (χ3v) is 5.85. The number of benzene rings is 2. The predicted molar refractivity (Wildman–Crippen MR) is 97.7 cm³/mol. The van der Waals surface area contributed by atoms with Gasteiger partial charge >= 0.3 is 0 Å². The topological polar surface area (TPSA) is 35.1 Å². The van der Waals surface area contributed by atoms with Crippen LogP contribution in [0.15, 0.2) is 48.5 Å². The molecule has 1 saturated carbocycles. The first-order valence-electron chi connectivity index (χ1n) is 8.38. The lowest BCUT2D eigenvalue weighted by Gasteiger charge is -2.28. The van der Waals surface area contributed by atoms with Crippen LogP contribution < -0.4 is 4.72 Å². The van der Waals surface area contributed by atoms with E-state index in [0.29, 0.717) is 5.92 Å². The van der Waals surface area contributed by atoms with E-state index in [4.69, 9.17) is 0 Å². The van der Waals surface area contributed by atoms with Crippen LogP contribution in [0.4, 0.5) is 4.39 Å². The second-order valence-corrected chi connectivity index (χ2v) is 9.40. The quantitative estimate of drug-likeness (QED) is 0.787. The Morgan fingerprint density at radius 1 is 1.08 bits per heavy atom. The maximum Gasteiger partial charge on any atom is 0.136 e. The largest absolute Gasteiger partial charge is 0.598 e. The van der Waals surface area contributed by atoms with Gasteiger partial charge in [0.1, 0.15) is 16.6 Å². The van der Waals surface area contributed by atoms with Crippen molar-refractivity contribution in [1.82, 2.24) is 4.72 Å². The zero-order valence-electron chi connectivity index (χ0n) is 14.4. The first-order chi connectivity index (χ1) is 11.4. The molecule has 1 fully saturated rings. The molecule has 2 atom stereocenters. The Morgan fingerprint density at radius 3 is 2.29 bits per heavy atom. The van der Waals surface area contributed by atoms with Crippen LogP contribution in [0.25, 0.3) is 0 Å². The highest BCUT2D eigenvalue weighted by Crippen LogP contribution is 2.42. The molecule has 0 bridgehead atoms. The van der Waals surface area contributed by atoms with Crippen LogP contribution in [0.2, 0.25) is 0 Å². The summed E-state index contributed by atoms with van der Waals surface area (Å²) in [6.45, 7) is 5.78. The zero-order valence-corrected chi connectivity index (χ0v) is 15.2. The monoisotopic (exact) mass is 345 g/mol. The van der Waals surface area contributed by atoms with Crippen LogP contribution in [0.5, 0.6) is 0 Å². The van der Waals surface area contributed by atoms with Gasteiger partial charge in [0.05, 0.1) is 0 Å². The van der Waals surface area contributed by atoms with E-state index in [1.807, 2.05) is 63.2 Å². The fourth-order valence-electron chi connectivity index (χ4n) is 2.71. The molecule has 1 aliphatic carbocycles. The minimum atomic E-state index is -1.25. The van der Waals surface area contributed by atoms with Crippen LogP contribution in [0.1, 0.15) is 62.3 Å². The van der Waals surface area contributed by atoms with Crippen molar-refractivity contribution in [3.05, 3.63) is 71.0 Å². The van der Waals surface area contributed by atoms with Crippen LogP contribution in [-0.4, -0.2) is 9.30 Å². The first-order valence-corrected chi connectivity index (χ1v) is 9.53. The third kappa shape index (κ3) is 4.00. The molecule has 1 N–H and O–H groups in total. The second-order valence-electron chi connectivity index (χ2n) is 7.40. The third-order valence-electron chi connectivity index (χ3n) is 4.29. The van der Waals surface area contributed by atoms with E-state index in [-0.39, 0.29) is 16.6 Å². The summed E-state index contributed by atoms with van der Waals surface area (Å²) < 4.78 is 29.9. The van der Waals surface area contributed by atoms with Crippen LogP contribution >= 0.6 is 0 Å². The Kier molecular flexibility index (Phi) is 5.00. The summed E-state index contributed by atoms with van der Waals surface area (Å²) >= 11 is -1.25. The lowest BCUT2D eigenvalue weighted by Crippen LogP contribution is -2.41. The summed E-state index contributed by atoms with van der Waals surface area (Å²) in [4.78, 5) is 0. The molecule has 0 aliphatic heterocycles. The molecule has 2 aromatic rings. The number of halogens is 1. The van der Waals surface area contributed by atoms with Crippen molar-refractivity contribution in [2.75, 3.05) is 0 Å². The second kappa shape index (κ2) is 6.87. The fraction of sp³-hybridized carbons (Fsp3) is 0.400. The summed E-state index contributed by atoms with van der Waals surface area (Å²) in [7, 11) is 0. The molecule has 2 unspecified atom stereocenters. The van der Waals surface area contributed by atoms with Gasteiger partial charge in [-0.15, -0.1) is 4.72 Å². The minimum Gasteiger partial charge on any atom is -0.598 e. The van der Waals surface area contributed by atoms with Crippen molar-refractivity contribution in [3.8, 4) is 0 Å². The molecule has 2 aromatic carbocycles. The lowest BCUT2D eigenvalue weighted by atomic mass is 9.97. The van der Waals surface area contributed by atoms with Gasteiger partial charge in [-0.1, -0.05) is 42.5 Å². The molecular weight excluding hydrogens is 321 g/mol. The van der Waals surface area contributed by atoms with E-state index < -0.39 is 11.4 Å². The highest BCUT2D eigenvalue weighted by atomic mass is 32.2. The first kappa shape index (κ1) is 17.5. The Hall–Kier alpha value is -1.36. The van der Waals surface area contributed by atoms with Crippen molar-refractivity contribution in [3.63, 3.8) is 0 Å². The van der Waals surface area contributed by atoms with Crippen molar-refractivity contribution < 1.29 is 8.94 Å². The van der Waals surface area contributed by atoms with Gasteiger partial charge in [0.2, 0.25) is 0 Å². The zero-order chi connectivity index (χ0) is 17.3. The molecule has 0 radical (unpaired) electrons. The van der Waals surface area contributed by atoms with Crippen LogP contribution in [0.3, 0.4) is 0 Å². The van der Waals surface area contributed by atoms with E-state index >= 15 is 0 Å². The smallest absolute Gasteiger partial charge is 0.136 e. The Labute approximate surface area is 146 Å². The summed E-state index contributed by atoms with van der Waals surface area (Å²) in [5.74, 6) is 0.227. The van der Waals surface area contributed by atoms with E-state index in [2.05, 4.69) is 4.72 Å². The summed E-state index contributed by atoms with van der Waals surface area (Å²) in [5, 5.41) is 0. The molecular formula is C20H24FNOS. The summed E-state index contributed by atoms with van der Waals surface area (Å²) in [6.07, 6.45) is 2.15. The van der Waals surface area contributed by atoms with Crippen molar-refractivity contribution in [2.24, 2.45) is 0 Å². The Morgan fingerprint density at radius 2 is 1.75 bits per heavy atom. The van der Waals surface area contributed by atoms with Gasteiger partial charge in [-0.3, -0.25) is 0 Å². The van der Waals surface area contributed by atoms with Gasteiger partial charge in [-0.05, 0) is 62.3 Å². The molecule has 2 nitrogen and oxygen atoms in total. The summed E-state index contributed by atoms with van der Waals surface area (Å²) in [5.41, 5.74) is 2.59. The SMILES string of the molecule is CC(C)(C)[S+]([O-])NC(c1ccccc1)c1ccc(C2CC2)c(F)c1. The highest BCUT2D eigenvalue weighted by Gasteiger charge is 2.32. The van der Waals surface area contributed by atoms with Gasteiger partial charge < -0.3 is 4.55 Å². The van der Waals surface area contributed by atoms with E-state index in [1.165, 1.54) is 0 Å². The van der Waals surface area contributed by atoms with Gasteiger partial charge in [0.15, 0.2) is 0 Å². The van der Waals surface area contributed by atoms with Crippen molar-refractivity contribution >= 4 is 11.4 Å². The van der Waals surface area contributed by atoms with Gasteiger partial charge in [-0.25, -0.2) is 4.39 Å². The van der Waals surface area contributed by atoms with E-state index in [0.717, 1.165) is 29.5 Å². The average molecular weight is 345 g/mol. The van der Waals surface area contributed by atoms with Crippen LogP contribution in [-0.2, 0) is 11.4 Å². The lowest BCUT2D eigenvalue weighted by molar-refractivity contribution is 0.534. The molecule has 0 aromatic heterocycles. The number of hydrogen-bond donors (Lipinski definition) is 1. The fourth-order valence-corrected chi connectivity index (χ4v) is 3.55. The van der Waals surface area contributed by atoms with Gasteiger partial charge in [0.25, 0.3) is 0 Å². The molecule has 24 heavy (non-hydrogen) atoms. The van der Waals surface area contributed by atoms with Gasteiger partial charge in [0, 0.05) is 11.4 Å². The maximum absolute atomic E-state index is 14.5. The minimum absolute atomic E-state index is 0.153. The number of nitrogens with one attached hydrogen (secondary N) is 1. The molecule has 4 heteroatoms. The predicted octanol–water partition coefficient (Wildman–Crippen LogP) is 4.84. The Balaban J connectivity index is 1.93. The van der Waals surface area contributed by atoms with Crippen LogP contribution in [0, 0.1) is 5.82 Å². The molecule has 0 saturated heterocycles. The maximum atomic E-state index is 14.5. The van der Waals surface area contributed by atoms with E-state index in [1.54, 1.807) is 6.07 Å². The van der Waals surface area contributed by atoms with E-state index in [9.17, 15) is 8.94 Å². The van der Waals surface area contributed by atoms with Crippen molar-refractivity contribution in [1.29, 1.82) is 0 Å². The normalized spacial score (nSPS) is 17.5. The van der Waals surface area contributed by atoms with Crippen molar-refractivity contribution in [2.45, 2.75) is 50.3 Å². The standard InChI is InChI=1S/C20H24FNOS/c1-20(2,3)24(23)22-19(15-7-5-4-6-8-15)16-11-12-17(14-9-10-14)18(21)13-16/h4-8,11-14,19,22H,9-10H2,1-3H3. The molecule has 0 spiro atoms. The van der Waals surface area contributed by atoms with Gasteiger partial charge in [-0.2, -0.15) is 0 Å². The average Bonchev–Trinajstić information content (AvgIpc) is 3.37. The molecule has 128 valence electrons. The molecule has 0 heterocycles. The number of hydrogen-bond acceptors (Lipinski definition) is 2.